The molecule has 1 N–H and O–H groups in total. The van der Waals surface area contributed by atoms with Crippen molar-refractivity contribution in [3.8, 4) is 0 Å². The highest BCUT2D eigenvalue weighted by atomic mass is 32.2. The smallest absolute Gasteiger partial charge is 0.156 e. The van der Waals surface area contributed by atoms with Gasteiger partial charge in [0.05, 0.1) is 17.2 Å². The Labute approximate surface area is 107 Å². The van der Waals surface area contributed by atoms with E-state index in [0.717, 1.165) is 10.6 Å². The summed E-state index contributed by atoms with van der Waals surface area (Å²) in [5, 5.41) is 9.84. The summed E-state index contributed by atoms with van der Waals surface area (Å²) in [6, 6.07) is 0. The lowest BCUT2D eigenvalue weighted by Crippen LogP contribution is -2.14. The van der Waals surface area contributed by atoms with E-state index in [1.54, 1.807) is 6.92 Å². The van der Waals surface area contributed by atoms with E-state index in [4.69, 9.17) is 0 Å². The second-order valence-electron chi connectivity index (χ2n) is 4.96. The molecular weight excluding hydrogens is 258 g/mol. The number of aliphatic hydroxyl groups excluding tert-OH is 1. The van der Waals surface area contributed by atoms with Crippen LogP contribution in [-0.4, -0.2) is 24.3 Å². The van der Waals surface area contributed by atoms with Crippen LogP contribution < -0.4 is 0 Å². The summed E-state index contributed by atoms with van der Waals surface area (Å²) in [7, 11) is -3.06. The Morgan fingerprint density at radius 3 is 2.29 bits per heavy atom. The van der Waals surface area contributed by atoms with Crippen LogP contribution in [0.15, 0.2) is 0 Å². The first-order valence-corrected chi connectivity index (χ1v) is 8.13. The lowest BCUT2D eigenvalue weighted by molar-refractivity contribution is 0.282. The maximum Gasteiger partial charge on any atom is 0.156 e. The van der Waals surface area contributed by atoms with E-state index >= 15 is 0 Å². The highest BCUT2D eigenvalue weighted by Crippen LogP contribution is 2.30. The zero-order valence-electron chi connectivity index (χ0n) is 10.6. The van der Waals surface area contributed by atoms with Crippen molar-refractivity contribution in [1.29, 1.82) is 0 Å². The molecule has 0 aliphatic rings. The van der Waals surface area contributed by atoms with E-state index in [1.807, 2.05) is 20.8 Å². The van der Waals surface area contributed by atoms with Crippen LogP contribution in [0.4, 0.5) is 0 Å². The molecule has 0 aromatic carbocycles. The van der Waals surface area contributed by atoms with Gasteiger partial charge in [-0.3, -0.25) is 0 Å². The summed E-state index contributed by atoms with van der Waals surface area (Å²) in [6.07, 6.45) is 0. The number of aliphatic hydroxyl groups is 1. The normalized spacial score (nSPS) is 13.0. The number of sulfone groups is 1. The second-order valence-corrected chi connectivity index (χ2v) is 8.49. The Balaban J connectivity index is 3.10. The lowest BCUT2D eigenvalue weighted by Gasteiger charge is -2.16. The van der Waals surface area contributed by atoms with Gasteiger partial charge in [-0.2, -0.15) is 0 Å². The van der Waals surface area contributed by atoms with E-state index in [-0.39, 0.29) is 23.5 Å². The second kappa shape index (κ2) is 5.04. The molecule has 0 bridgehead atoms. The maximum absolute atomic E-state index is 11.5. The molecule has 1 aromatic heterocycles. The van der Waals surface area contributed by atoms with Gasteiger partial charge in [0.25, 0.3) is 0 Å². The van der Waals surface area contributed by atoms with Gasteiger partial charge in [0.2, 0.25) is 0 Å². The minimum Gasteiger partial charge on any atom is -0.391 e. The summed E-state index contributed by atoms with van der Waals surface area (Å²) in [6.45, 7) is 7.54. The van der Waals surface area contributed by atoms with Gasteiger partial charge >= 0.3 is 0 Å². The average molecular weight is 277 g/mol. The molecule has 0 fully saturated rings. The van der Waals surface area contributed by atoms with Gasteiger partial charge in [-0.05, 0) is 0 Å². The molecule has 6 heteroatoms. The molecule has 0 saturated carbocycles. The van der Waals surface area contributed by atoms with Crippen molar-refractivity contribution in [3.05, 3.63) is 15.6 Å². The van der Waals surface area contributed by atoms with Crippen molar-refractivity contribution in [1.82, 2.24) is 4.98 Å². The molecule has 0 aliphatic carbocycles. The Morgan fingerprint density at radius 1 is 1.35 bits per heavy atom. The largest absolute Gasteiger partial charge is 0.391 e. The van der Waals surface area contributed by atoms with Crippen LogP contribution in [0.25, 0.3) is 0 Å². The van der Waals surface area contributed by atoms with Gasteiger partial charge in [0.1, 0.15) is 10.8 Å². The molecular formula is C11H19NO3S2. The van der Waals surface area contributed by atoms with Crippen LogP contribution in [-0.2, 0) is 27.6 Å². The molecule has 98 valence electrons. The lowest BCUT2D eigenvalue weighted by atomic mass is 9.91. The third-order valence-electron chi connectivity index (χ3n) is 2.38. The Bertz CT molecular complexity index is 483. The van der Waals surface area contributed by atoms with Crippen LogP contribution in [0.2, 0.25) is 0 Å². The van der Waals surface area contributed by atoms with Crippen molar-refractivity contribution >= 4 is 21.2 Å². The first-order valence-electron chi connectivity index (χ1n) is 5.50. The molecule has 1 rings (SSSR count). The quantitative estimate of drug-likeness (QED) is 0.912. The van der Waals surface area contributed by atoms with Crippen molar-refractivity contribution < 1.29 is 13.5 Å². The highest BCUT2D eigenvalue weighted by molar-refractivity contribution is 7.90. The predicted octanol–water partition coefficient (Wildman–Crippen LogP) is 1.87. The molecule has 4 nitrogen and oxygen atoms in total. The Hall–Kier alpha value is -0.460. The van der Waals surface area contributed by atoms with E-state index < -0.39 is 9.84 Å². The molecule has 0 atom stereocenters. The topological polar surface area (TPSA) is 67.3 Å². The monoisotopic (exact) mass is 277 g/mol. The molecule has 0 radical (unpaired) electrons. The van der Waals surface area contributed by atoms with Gasteiger partial charge in [-0.15, -0.1) is 11.3 Å². The van der Waals surface area contributed by atoms with Crippen LogP contribution >= 0.6 is 11.3 Å². The minimum absolute atomic E-state index is 0.0305. The van der Waals surface area contributed by atoms with Gasteiger partial charge in [-0.25, -0.2) is 13.4 Å². The van der Waals surface area contributed by atoms with Crippen molar-refractivity contribution in [2.45, 2.75) is 45.5 Å². The molecule has 1 aromatic rings. The fourth-order valence-corrected chi connectivity index (χ4v) is 3.80. The van der Waals surface area contributed by atoms with E-state index in [2.05, 4.69) is 4.98 Å². The molecule has 1 heterocycles. The maximum atomic E-state index is 11.5. The number of hydrogen-bond donors (Lipinski definition) is 1. The summed E-state index contributed by atoms with van der Waals surface area (Å²) >= 11 is 1.29. The summed E-state index contributed by atoms with van der Waals surface area (Å²) in [5.41, 5.74) is 0.620. The number of aromatic nitrogens is 1. The molecule has 0 aliphatic heterocycles. The number of hydrogen-bond acceptors (Lipinski definition) is 5. The van der Waals surface area contributed by atoms with Crippen LogP contribution in [0.1, 0.15) is 43.3 Å². The standard InChI is InChI=1S/C11H19NO3S2/c1-5-17(14,15)7-9-12-10(11(2,3)4)8(6-13)16-9/h13H,5-7H2,1-4H3. The molecule has 17 heavy (non-hydrogen) atoms. The molecule has 0 unspecified atom stereocenters. The van der Waals surface area contributed by atoms with E-state index in [9.17, 15) is 13.5 Å². The molecule has 0 saturated heterocycles. The fourth-order valence-electron chi connectivity index (χ4n) is 1.45. The van der Waals surface area contributed by atoms with Crippen LogP contribution in [0.3, 0.4) is 0 Å². The van der Waals surface area contributed by atoms with Crippen molar-refractivity contribution in [3.63, 3.8) is 0 Å². The van der Waals surface area contributed by atoms with E-state index in [0.29, 0.717) is 5.01 Å². The highest BCUT2D eigenvalue weighted by Gasteiger charge is 2.24. The summed E-state index contributed by atoms with van der Waals surface area (Å²) in [4.78, 5) is 5.13. The van der Waals surface area contributed by atoms with Crippen LogP contribution in [0.5, 0.6) is 0 Å². The SMILES string of the molecule is CCS(=O)(=O)Cc1nc(C(C)(C)C)c(CO)s1. The van der Waals surface area contributed by atoms with Crippen molar-refractivity contribution in [2.24, 2.45) is 0 Å². The number of rotatable bonds is 4. The van der Waals surface area contributed by atoms with Gasteiger partial charge in [-0.1, -0.05) is 27.7 Å². The first-order chi connectivity index (χ1) is 7.69. The number of thiazole rings is 1. The predicted molar refractivity (Wildman–Crippen MR) is 69.9 cm³/mol. The number of nitrogens with zero attached hydrogens (tertiary/aromatic N) is 1. The molecule has 0 spiro atoms. The summed E-state index contributed by atoms with van der Waals surface area (Å²) < 4.78 is 23.1. The molecule has 0 amide bonds. The Kier molecular flexibility index (Phi) is 4.33. The minimum atomic E-state index is -3.06. The fraction of sp³-hybridized carbons (Fsp3) is 0.727. The van der Waals surface area contributed by atoms with Gasteiger partial charge in [0.15, 0.2) is 9.84 Å². The van der Waals surface area contributed by atoms with Crippen LogP contribution in [0, 0.1) is 0 Å². The third kappa shape index (κ3) is 3.76. The van der Waals surface area contributed by atoms with Gasteiger partial charge < -0.3 is 5.11 Å². The van der Waals surface area contributed by atoms with Crippen molar-refractivity contribution in [2.75, 3.05) is 5.75 Å². The average Bonchev–Trinajstić information content (AvgIpc) is 2.60. The zero-order chi connectivity index (χ0) is 13.3. The van der Waals surface area contributed by atoms with Gasteiger partial charge in [0, 0.05) is 11.2 Å². The zero-order valence-corrected chi connectivity index (χ0v) is 12.3. The summed E-state index contributed by atoms with van der Waals surface area (Å²) in [5.74, 6) is 0.0864. The third-order valence-corrected chi connectivity index (χ3v) is 5.19. The van der Waals surface area contributed by atoms with E-state index in [1.165, 1.54) is 11.3 Å². The Morgan fingerprint density at radius 2 is 1.94 bits per heavy atom. The first kappa shape index (κ1) is 14.6.